The number of benzene rings is 3. The SMILES string of the molecule is O=C(NCc1ccc(Cl)cc1)C(c1ccccc1)c1cc(Cl)ccc1O. The van der Waals surface area contributed by atoms with E-state index in [0.29, 0.717) is 22.2 Å². The van der Waals surface area contributed by atoms with E-state index in [0.717, 1.165) is 11.1 Å². The van der Waals surface area contributed by atoms with Crippen LogP contribution in [0.15, 0.2) is 72.8 Å². The first-order chi connectivity index (χ1) is 12.5. The van der Waals surface area contributed by atoms with Gasteiger partial charge in [-0.25, -0.2) is 0 Å². The van der Waals surface area contributed by atoms with Crippen molar-refractivity contribution in [3.05, 3.63) is 99.5 Å². The molecule has 2 N–H and O–H groups in total. The van der Waals surface area contributed by atoms with Crippen molar-refractivity contribution in [2.45, 2.75) is 12.5 Å². The van der Waals surface area contributed by atoms with Gasteiger partial charge in [-0.05, 0) is 41.5 Å². The highest BCUT2D eigenvalue weighted by atomic mass is 35.5. The minimum absolute atomic E-state index is 0.0323. The summed E-state index contributed by atoms with van der Waals surface area (Å²) in [5.41, 5.74) is 2.18. The number of nitrogens with one attached hydrogen (secondary N) is 1. The fraction of sp³-hybridized carbons (Fsp3) is 0.0952. The van der Waals surface area contributed by atoms with E-state index in [1.165, 1.54) is 6.07 Å². The molecule has 1 unspecified atom stereocenters. The fourth-order valence-corrected chi connectivity index (χ4v) is 3.07. The van der Waals surface area contributed by atoms with Crippen LogP contribution in [-0.2, 0) is 11.3 Å². The van der Waals surface area contributed by atoms with E-state index in [4.69, 9.17) is 23.2 Å². The molecule has 0 fully saturated rings. The molecule has 5 heteroatoms. The summed E-state index contributed by atoms with van der Waals surface area (Å²) < 4.78 is 0. The van der Waals surface area contributed by atoms with Crippen molar-refractivity contribution in [3.63, 3.8) is 0 Å². The van der Waals surface area contributed by atoms with Crippen molar-refractivity contribution in [2.75, 3.05) is 0 Å². The summed E-state index contributed by atoms with van der Waals surface area (Å²) in [4.78, 5) is 13.0. The van der Waals surface area contributed by atoms with Gasteiger partial charge < -0.3 is 10.4 Å². The van der Waals surface area contributed by atoms with Gasteiger partial charge in [0, 0.05) is 22.2 Å². The lowest BCUT2D eigenvalue weighted by atomic mass is 9.89. The van der Waals surface area contributed by atoms with Gasteiger partial charge in [0.25, 0.3) is 0 Å². The molecule has 0 aliphatic heterocycles. The molecule has 0 aliphatic rings. The van der Waals surface area contributed by atoms with Gasteiger partial charge in [-0.15, -0.1) is 0 Å². The van der Waals surface area contributed by atoms with Crippen LogP contribution in [0.4, 0.5) is 0 Å². The van der Waals surface area contributed by atoms with Gasteiger partial charge in [0.15, 0.2) is 0 Å². The minimum Gasteiger partial charge on any atom is -0.508 e. The van der Waals surface area contributed by atoms with Crippen LogP contribution in [0.25, 0.3) is 0 Å². The maximum absolute atomic E-state index is 13.0. The molecular formula is C21H17Cl2NO2. The van der Waals surface area contributed by atoms with Gasteiger partial charge in [-0.3, -0.25) is 4.79 Å². The molecule has 26 heavy (non-hydrogen) atoms. The third-order valence-electron chi connectivity index (χ3n) is 4.08. The van der Waals surface area contributed by atoms with Crippen LogP contribution in [0, 0.1) is 0 Å². The molecule has 1 atom stereocenters. The molecule has 1 amide bonds. The van der Waals surface area contributed by atoms with Crippen LogP contribution in [-0.4, -0.2) is 11.0 Å². The van der Waals surface area contributed by atoms with E-state index in [1.807, 2.05) is 42.5 Å². The Hall–Kier alpha value is -2.49. The highest BCUT2D eigenvalue weighted by Crippen LogP contribution is 2.33. The molecule has 0 saturated carbocycles. The number of carbonyl (C=O) groups excluding carboxylic acids is 1. The van der Waals surface area contributed by atoms with Crippen molar-refractivity contribution >= 4 is 29.1 Å². The number of aromatic hydroxyl groups is 1. The van der Waals surface area contributed by atoms with E-state index >= 15 is 0 Å². The second kappa shape index (κ2) is 8.26. The summed E-state index contributed by atoms with van der Waals surface area (Å²) >= 11 is 12.0. The van der Waals surface area contributed by atoms with Crippen LogP contribution in [0.3, 0.4) is 0 Å². The zero-order chi connectivity index (χ0) is 18.5. The van der Waals surface area contributed by atoms with Crippen LogP contribution >= 0.6 is 23.2 Å². The summed E-state index contributed by atoms with van der Waals surface area (Å²) in [5, 5.41) is 14.3. The number of phenolic OH excluding ortho intramolecular Hbond substituents is 1. The summed E-state index contributed by atoms with van der Waals surface area (Å²) in [5.74, 6) is -0.851. The molecule has 3 aromatic carbocycles. The van der Waals surface area contributed by atoms with Gasteiger partial charge in [0.05, 0.1) is 5.92 Å². The molecular weight excluding hydrogens is 369 g/mol. The number of phenols is 1. The largest absolute Gasteiger partial charge is 0.508 e. The number of halogens is 2. The standard InChI is InChI=1S/C21H17Cl2NO2/c22-16-8-6-14(7-9-16)13-24-21(26)20(15-4-2-1-3-5-15)18-12-17(23)10-11-19(18)25/h1-12,20,25H,13H2,(H,24,26). The lowest BCUT2D eigenvalue weighted by Crippen LogP contribution is -2.29. The number of carbonyl (C=O) groups is 1. The molecule has 0 radical (unpaired) electrons. The average molecular weight is 386 g/mol. The molecule has 3 aromatic rings. The molecule has 132 valence electrons. The Morgan fingerprint density at radius 3 is 2.27 bits per heavy atom. The monoisotopic (exact) mass is 385 g/mol. The van der Waals surface area contributed by atoms with E-state index < -0.39 is 5.92 Å². The highest BCUT2D eigenvalue weighted by Gasteiger charge is 2.25. The van der Waals surface area contributed by atoms with Crippen LogP contribution < -0.4 is 5.32 Å². The Labute approximate surface area is 162 Å². The van der Waals surface area contributed by atoms with Crippen molar-refractivity contribution < 1.29 is 9.90 Å². The second-order valence-corrected chi connectivity index (χ2v) is 6.76. The predicted octanol–water partition coefficient (Wildman–Crippen LogP) is 5.15. The number of rotatable bonds is 5. The van der Waals surface area contributed by atoms with E-state index in [2.05, 4.69) is 5.32 Å². The third kappa shape index (κ3) is 4.37. The van der Waals surface area contributed by atoms with Crippen molar-refractivity contribution in [1.29, 1.82) is 0 Å². The second-order valence-electron chi connectivity index (χ2n) is 5.89. The Morgan fingerprint density at radius 1 is 0.923 bits per heavy atom. The van der Waals surface area contributed by atoms with E-state index in [-0.39, 0.29) is 11.7 Å². The molecule has 0 aliphatic carbocycles. The highest BCUT2D eigenvalue weighted by molar-refractivity contribution is 6.31. The van der Waals surface area contributed by atoms with Gasteiger partial charge in [0.1, 0.15) is 5.75 Å². The van der Waals surface area contributed by atoms with Gasteiger partial charge in [-0.2, -0.15) is 0 Å². The summed E-state index contributed by atoms with van der Waals surface area (Å²) in [6, 6.07) is 21.3. The van der Waals surface area contributed by atoms with Crippen LogP contribution in [0.5, 0.6) is 5.75 Å². The predicted molar refractivity (Wildman–Crippen MR) is 105 cm³/mol. The quantitative estimate of drug-likeness (QED) is 0.637. The summed E-state index contributed by atoms with van der Waals surface area (Å²) in [6.07, 6.45) is 0. The zero-order valence-electron chi connectivity index (χ0n) is 13.8. The van der Waals surface area contributed by atoms with Crippen molar-refractivity contribution in [2.24, 2.45) is 0 Å². The van der Waals surface area contributed by atoms with E-state index in [1.54, 1.807) is 24.3 Å². The Balaban J connectivity index is 1.89. The average Bonchev–Trinajstić information content (AvgIpc) is 2.65. The Morgan fingerprint density at radius 2 is 1.58 bits per heavy atom. The fourth-order valence-electron chi connectivity index (χ4n) is 2.77. The molecule has 3 nitrogen and oxygen atoms in total. The van der Waals surface area contributed by atoms with Crippen molar-refractivity contribution in [3.8, 4) is 5.75 Å². The van der Waals surface area contributed by atoms with Gasteiger partial charge >= 0.3 is 0 Å². The Kier molecular flexibility index (Phi) is 5.82. The molecule has 0 saturated heterocycles. The minimum atomic E-state index is -0.665. The normalized spacial score (nSPS) is 11.8. The Bertz CT molecular complexity index is 896. The van der Waals surface area contributed by atoms with Gasteiger partial charge in [0.2, 0.25) is 5.91 Å². The topological polar surface area (TPSA) is 49.3 Å². The zero-order valence-corrected chi connectivity index (χ0v) is 15.3. The molecule has 3 rings (SSSR count). The molecule has 0 bridgehead atoms. The number of amides is 1. The molecule has 0 spiro atoms. The summed E-state index contributed by atoms with van der Waals surface area (Å²) in [6.45, 7) is 0.362. The number of hydrogen-bond acceptors (Lipinski definition) is 2. The third-order valence-corrected chi connectivity index (χ3v) is 4.56. The number of hydrogen-bond donors (Lipinski definition) is 2. The summed E-state index contributed by atoms with van der Waals surface area (Å²) in [7, 11) is 0. The maximum atomic E-state index is 13.0. The lowest BCUT2D eigenvalue weighted by Gasteiger charge is -2.19. The maximum Gasteiger partial charge on any atom is 0.232 e. The first kappa shape index (κ1) is 18.3. The first-order valence-electron chi connectivity index (χ1n) is 8.10. The smallest absolute Gasteiger partial charge is 0.232 e. The first-order valence-corrected chi connectivity index (χ1v) is 8.85. The lowest BCUT2D eigenvalue weighted by molar-refractivity contribution is -0.121. The van der Waals surface area contributed by atoms with Crippen molar-refractivity contribution in [1.82, 2.24) is 5.32 Å². The van der Waals surface area contributed by atoms with Crippen LogP contribution in [0.2, 0.25) is 10.0 Å². The molecule has 0 aromatic heterocycles. The van der Waals surface area contributed by atoms with Crippen LogP contribution in [0.1, 0.15) is 22.6 Å². The van der Waals surface area contributed by atoms with E-state index in [9.17, 15) is 9.90 Å². The molecule has 0 heterocycles. The van der Waals surface area contributed by atoms with Gasteiger partial charge in [-0.1, -0.05) is 65.7 Å².